The van der Waals surface area contributed by atoms with Crippen molar-refractivity contribution in [2.45, 2.75) is 109 Å². The third-order valence-electron chi connectivity index (χ3n) is 8.00. The van der Waals surface area contributed by atoms with Gasteiger partial charge >= 0.3 is 5.97 Å². The molecule has 0 saturated carbocycles. The Morgan fingerprint density at radius 1 is 0.894 bits per heavy atom. The van der Waals surface area contributed by atoms with Gasteiger partial charge in [-0.05, 0) is 49.8 Å². The van der Waals surface area contributed by atoms with E-state index in [1.807, 2.05) is 0 Å². The number of rotatable bonds is 27. The molecule has 3 atom stereocenters. The number of aliphatic carboxylic acids is 1. The minimum Gasteiger partial charge on any atom is -0.494 e. The van der Waals surface area contributed by atoms with Crippen LogP contribution < -0.4 is 15.4 Å². The molecule has 4 N–H and O–H groups in total. The van der Waals surface area contributed by atoms with Gasteiger partial charge in [0.25, 0.3) is 0 Å². The maximum absolute atomic E-state index is 13.5. The van der Waals surface area contributed by atoms with Gasteiger partial charge in [0.1, 0.15) is 21.6 Å². The van der Waals surface area contributed by atoms with Crippen LogP contribution in [0.25, 0.3) is 0 Å². The van der Waals surface area contributed by atoms with Gasteiger partial charge in [0.05, 0.1) is 30.6 Å². The number of nitrogens with one attached hydrogen (secondary N) is 2. The van der Waals surface area contributed by atoms with E-state index < -0.39 is 51.8 Å². The van der Waals surface area contributed by atoms with Gasteiger partial charge in [0.15, 0.2) is 5.60 Å². The highest BCUT2D eigenvalue weighted by Gasteiger charge is 2.47. The number of aliphatic hydroxyl groups is 1. The summed E-state index contributed by atoms with van der Waals surface area (Å²) in [6.45, 7) is 4.14. The van der Waals surface area contributed by atoms with Crippen LogP contribution in [0.4, 0.5) is 0 Å². The predicted octanol–water partition coefficient (Wildman–Crippen LogP) is 4.61. The summed E-state index contributed by atoms with van der Waals surface area (Å²) in [6.07, 6.45) is 13.2. The maximum Gasteiger partial charge on any atom is 0.339 e. The van der Waals surface area contributed by atoms with Crippen molar-refractivity contribution in [3.05, 3.63) is 42.0 Å². The van der Waals surface area contributed by atoms with Crippen LogP contribution in [0.1, 0.15) is 96.5 Å². The molecule has 0 bridgehead atoms. The molecule has 0 unspecified atom stereocenters. The van der Waals surface area contributed by atoms with E-state index in [2.05, 4.69) is 24.5 Å². The summed E-state index contributed by atoms with van der Waals surface area (Å²) in [5.74, 6) is -3.40. The molecule has 0 aliphatic rings. The van der Waals surface area contributed by atoms with Crippen molar-refractivity contribution in [1.29, 1.82) is 0 Å². The number of carbonyl (C=O) groups excluding carboxylic acids is 2. The standard InChI is InChI=1S/C35H58N2O9S/c1-5-7-9-13-16-24-47(43,44)25-17-14-11-10-12-15-18-30(35(42,27-45-4)34(40)41)32(38)37-31(33(39)36-3)26-28-19-21-29(22-20-28)46-23-8-6-2/h15,18-22,30-31,42H,5-14,16-17,23-27H2,1-4H3,(H,36,39)(H,37,38)(H,40,41)/b18-15+/t30-,31+,35+/m1/s1. The first-order chi connectivity index (χ1) is 22.4. The number of likely N-dealkylation sites (N-methyl/N-ethyl adjacent to an activating group) is 1. The van der Waals surface area contributed by atoms with Crippen LogP contribution in [-0.2, 0) is 35.4 Å². The highest BCUT2D eigenvalue weighted by atomic mass is 32.2. The molecule has 1 aromatic rings. The fourth-order valence-corrected chi connectivity index (χ4v) is 6.59. The number of hydrogen-bond acceptors (Lipinski definition) is 8. The minimum atomic E-state index is -3.05. The Hall–Kier alpha value is -2.96. The number of carboxylic acid groups (broad SMARTS) is 1. The summed E-state index contributed by atoms with van der Waals surface area (Å²) < 4.78 is 35.2. The van der Waals surface area contributed by atoms with Crippen molar-refractivity contribution in [3.8, 4) is 5.75 Å². The van der Waals surface area contributed by atoms with Gasteiger partial charge in [0.2, 0.25) is 11.8 Å². The third kappa shape index (κ3) is 16.6. The summed E-state index contributed by atoms with van der Waals surface area (Å²) in [4.78, 5) is 38.4. The van der Waals surface area contributed by atoms with Crippen LogP contribution in [0, 0.1) is 5.92 Å². The Balaban J connectivity index is 2.84. The SMILES string of the molecule is CCCCCCCS(=O)(=O)CCCCCC/C=C/[C@H](C(=O)N[C@@H](Cc1ccc(OCCCC)cc1)C(=O)NC)[C@@](O)(COC)C(=O)O. The molecule has 0 radical (unpaired) electrons. The van der Waals surface area contributed by atoms with E-state index in [1.165, 1.54) is 20.2 Å². The number of amides is 2. The molecule has 47 heavy (non-hydrogen) atoms. The molecule has 0 fully saturated rings. The Labute approximate surface area is 281 Å². The highest BCUT2D eigenvalue weighted by molar-refractivity contribution is 7.91. The number of allylic oxidation sites excluding steroid dienone is 1. The van der Waals surface area contributed by atoms with Gasteiger partial charge in [-0.2, -0.15) is 0 Å². The topological polar surface area (TPSA) is 168 Å². The van der Waals surface area contributed by atoms with E-state index in [-0.39, 0.29) is 17.9 Å². The second-order valence-electron chi connectivity index (χ2n) is 12.1. The zero-order chi connectivity index (χ0) is 35.1. The summed E-state index contributed by atoms with van der Waals surface area (Å²) in [6, 6.07) is 6.13. The molecule has 2 amide bonds. The Kier molecular flexibility index (Phi) is 20.9. The van der Waals surface area contributed by atoms with Crippen LogP contribution >= 0.6 is 0 Å². The Morgan fingerprint density at radius 2 is 1.49 bits per heavy atom. The van der Waals surface area contributed by atoms with E-state index in [1.54, 1.807) is 30.3 Å². The molecule has 0 aromatic heterocycles. The smallest absolute Gasteiger partial charge is 0.339 e. The second kappa shape index (κ2) is 23.4. The van der Waals surface area contributed by atoms with Gasteiger partial charge in [-0.25, -0.2) is 13.2 Å². The number of unbranched alkanes of at least 4 members (excludes halogenated alkanes) is 9. The average Bonchev–Trinajstić information content (AvgIpc) is 3.04. The van der Waals surface area contributed by atoms with Gasteiger partial charge in [0, 0.05) is 20.6 Å². The summed E-state index contributed by atoms with van der Waals surface area (Å²) >= 11 is 0. The van der Waals surface area contributed by atoms with Gasteiger partial charge < -0.3 is 30.3 Å². The lowest BCUT2D eigenvalue weighted by atomic mass is 9.86. The zero-order valence-corrected chi connectivity index (χ0v) is 29.6. The van der Waals surface area contributed by atoms with Crippen molar-refractivity contribution < 1.29 is 42.5 Å². The highest BCUT2D eigenvalue weighted by Crippen LogP contribution is 2.23. The average molecular weight is 683 g/mol. The molecule has 1 rings (SSSR count). The fourth-order valence-electron chi connectivity index (χ4n) is 5.10. The van der Waals surface area contributed by atoms with E-state index >= 15 is 0 Å². The van der Waals surface area contributed by atoms with Crippen molar-refractivity contribution in [3.63, 3.8) is 0 Å². The third-order valence-corrected chi connectivity index (χ3v) is 9.83. The van der Waals surface area contributed by atoms with E-state index in [4.69, 9.17) is 9.47 Å². The van der Waals surface area contributed by atoms with Crippen LogP contribution in [0.15, 0.2) is 36.4 Å². The lowest BCUT2D eigenvalue weighted by Crippen LogP contribution is -2.57. The molecule has 268 valence electrons. The molecule has 0 heterocycles. The van der Waals surface area contributed by atoms with Crippen molar-refractivity contribution >= 4 is 27.6 Å². The Morgan fingerprint density at radius 3 is 2.04 bits per heavy atom. The lowest BCUT2D eigenvalue weighted by molar-refractivity contribution is -0.173. The summed E-state index contributed by atoms with van der Waals surface area (Å²) in [5, 5.41) is 26.1. The first-order valence-corrected chi connectivity index (χ1v) is 18.8. The number of ether oxygens (including phenoxy) is 2. The van der Waals surface area contributed by atoms with E-state index in [9.17, 15) is 33.0 Å². The number of methoxy groups -OCH3 is 1. The Bertz CT molecular complexity index is 1190. The first-order valence-electron chi connectivity index (χ1n) is 17.0. The van der Waals surface area contributed by atoms with Gasteiger partial charge in [-0.1, -0.05) is 83.1 Å². The predicted molar refractivity (Wildman–Crippen MR) is 184 cm³/mol. The molecule has 0 spiro atoms. The molecule has 12 heteroatoms. The van der Waals surface area contributed by atoms with Crippen molar-refractivity contribution in [2.75, 3.05) is 38.9 Å². The normalized spacial score (nSPS) is 14.3. The van der Waals surface area contributed by atoms with Gasteiger partial charge in [-0.3, -0.25) is 9.59 Å². The lowest BCUT2D eigenvalue weighted by Gasteiger charge is -2.30. The molecule has 0 aliphatic heterocycles. The van der Waals surface area contributed by atoms with E-state index in [0.29, 0.717) is 38.0 Å². The van der Waals surface area contributed by atoms with Crippen molar-refractivity contribution in [1.82, 2.24) is 10.6 Å². The fraction of sp³-hybridized carbons (Fsp3) is 0.686. The number of carbonyl (C=O) groups is 3. The monoisotopic (exact) mass is 682 g/mol. The van der Waals surface area contributed by atoms with Crippen LogP contribution in [0.2, 0.25) is 0 Å². The molecular weight excluding hydrogens is 624 g/mol. The second-order valence-corrected chi connectivity index (χ2v) is 14.4. The number of benzene rings is 1. The first kappa shape index (κ1) is 42.1. The minimum absolute atomic E-state index is 0.126. The summed E-state index contributed by atoms with van der Waals surface area (Å²) in [7, 11) is -0.388. The maximum atomic E-state index is 13.5. The van der Waals surface area contributed by atoms with E-state index in [0.717, 1.165) is 56.9 Å². The largest absolute Gasteiger partial charge is 0.494 e. The van der Waals surface area contributed by atoms with Crippen molar-refractivity contribution in [2.24, 2.45) is 5.92 Å². The molecule has 1 aromatic carbocycles. The molecule has 0 aliphatic carbocycles. The number of hydrogen-bond donors (Lipinski definition) is 4. The number of carboxylic acids is 1. The van der Waals surface area contributed by atoms with Gasteiger partial charge in [-0.15, -0.1) is 0 Å². The van der Waals surface area contributed by atoms with Crippen LogP contribution in [-0.4, -0.2) is 86.9 Å². The molecule has 11 nitrogen and oxygen atoms in total. The zero-order valence-electron chi connectivity index (χ0n) is 28.8. The quantitative estimate of drug-likeness (QED) is 0.0765. The van der Waals surface area contributed by atoms with Crippen LogP contribution in [0.3, 0.4) is 0 Å². The van der Waals surface area contributed by atoms with Crippen LogP contribution in [0.5, 0.6) is 5.75 Å². The summed E-state index contributed by atoms with van der Waals surface area (Å²) in [5.41, 5.74) is -1.83. The number of sulfone groups is 1. The molecular formula is C35H58N2O9S. The molecule has 0 saturated heterocycles.